The van der Waals surface area contributed by atoms with Crippen LogP contribution >= 0.6 is 0 Å². The third kappa shape index (κ3) is 3.65. The Bertz CT molecular complexity index is 823. The van der Waals surface area contributed by atoms with Crippen molar-refractivity contribution in [2.45, 2.75) is 19.4 Å². The molecular weight excluding hydrogens is 322 g/mol. The number of carbonyl (C=O) groups excluding carboxylic acids is 1. The van der Waals surface area contributed by atoms with E-state index in [4.69, 9.17) is 0 Å². The molecule has 1 aromatic heterocycles. The number of hydrogen-bond acceptors (Lipinski definition) is 2. The molecule has 0 fully saturated rings. The number of para-hydroxylation sites is 1. The van der Waals surface area contributed by atoms with Gasteiger partial charge in [0.2, 0.25) is 5.91 Å². The number of H-pyrrole nitrogens is 1. The molecule has 0 bridgehead atoms. The smallest absolute Gasteiger partial charge is 0.240 e. The Balaban J connectivity index is 1.71. The van der Waals surface area contributed by atoms with Gasteiger partial charge in [0, 0.05) is 48.8 Å². The highest BCUT2D eigenvalue weighted by Gasteiger charge is 2.26. The molecule has 0 radical (unpaired) electrons. The number of nitrogens with one attached hydrogen (secondary N) is 1. The Labute approximate surface area is 155 Å². The summed E-state index contributed by atoms with van der Waals surface area (Å²) < 4.78 is 0. The Morgan fingerprint density at radius 3 is 2.69 bits per heavy atom. The summed E-state index contributed by atoms with van der Waals surface area (Å²) in [6.07, 6.45) is 8.83. The molecule has 1 aromatic carbocycles. The maximum atomic E-state index is 12.8. The van der Waals surface area contributed by atoms with Crippen LogP contribution in [0.4, 0.5) is 0 Å². The number of hydrogen-bond donors (Lipinski definition) is 1. The average Bonchev–Trinajstić information content (AvgIpc) is 3.11. The van der Waals surface area contributed by atoms with Crippen molar-refractivity contribution in [3.05, 3.63) is 67.4 Å². The summed E-state index contributed by atoms with van der Waals surface area (Å²) in [5.74, 6) is 0.133. The number of nitrogens with zero attached hydrogens (tertiary/aromatic N) is 2. The van der Waals surface area contributed by atoms with E-state index in [1.165, 1.54) is 22.0 Å². The Hall–Kier alpha value is -2.59. The highest BCUT2D eigenvalue weighted by Crippen LogP contribution is 2.29. The lowest BCUT2D eigenvalue weighted by molar-refractivity contribution is -0.135. The van der Waals surface area contributed by atoms with Gasteiger partial charge in [0.25, 0.3) is 0 Å². The second-order valence-electron chi connectivity index (χ2n) is 6.72. The van der Waals surface area contributed by atoms with Crippen LogP contribution in [-0.2, 0) is 4.79 Å². The molecule has 1 aliphatic heterocycles. The maximum absolute atomic E-state index is 12.8. The van der Waals surface area contributed by atoms with Gasteiger partial charge < -0.3 is 9.88 Å². The van der Waals surface area contributed by atoms with Crippen molar-refractivity contribution < 1.29 is 4.79 Å². The van der Waals surface area contributed by atoms with Crippen molar-refractivity contribution in [2.24, 2.45) is 0 Å². The predicted molar refractivity (Wildman–Crippen MR) is 109 cm³/mol. The molecule has 0 saturated heterocycles. The van der Waals surface area contributed by atoms with Crippen LogP contribution in [0.2, 0.25) is 0 Å². The minimum absolute atomic E-state index is 0.133. The van der Waals surface area contributed by atoms with E-state index in [1.807, 2.05) is 13.0 Å². The van der Waals surface area contributed by atoms with Gasteiger partial charge in [-0.3, -0.25) is 9.69 Å². The summed E-state index contributed by atoms with van der Waals surface area (Å²) in [5.41, 5.74) is 3.80. The van der Waals surface area contributed by atoms with Gasteiger partial charge in [0.05, 0.1) is 6.04 Å². The van der Waals surface area contributed by atoms with Crippen molar-refractivity contribution in [3.63, 3.8) is 0 Å². The lowest BCUT2D eigenvalue weighted by atomic mass is 9.98. The molecule has 2 heterocycles. The first-order valence-electron chi connectivity index (χ1n) is 9.16. The first kappa shape index (κ1) is 18.2. The third-order valence-electron chi connectivity index (χ3n) is 5.09. The highest BCUT2D eigenvalue weighted by molar-refractivity contribution is 5.92. The van der Waals surface area contributed by atoms with Gasteiger partial charge in [0.15, 0.2) is 0 Å². The zero-order chi connectivity index (χ0) is 18.5. The number of amides is 1. The van der Waals surface area contributed by atoms with Crippen LogP contribution in [0.25, 0.3) is 16.5 Å². The fraction of sp³-hybridized carbons (Fsp3) is 0.318. The van der Waals surface area contributed by atoms with E-state index >= 15 is 0 Å². The fourth-order valence-electron chi connectivity index (χ4n) is 3.60. The minimum Gasteiger partial charge on any atom is -0.361 e. The van der Waals surface area contributed by atoms with Crippen molar-refractivity contribution >= 4 is 22.4 Å². The SMILES string of the molecule is C=CCN(CC=C)C(=O)[C@@H](C)N1CC=C(c2c[nH]c3ccccc23)CC1. The summed E-state index contributed by atoms with van der Waals surface area (Å²) in [6.45, 7) is 12.3. The molecular formula is C22H27N3O. The van der Waals surface area contributed by atoms with Crippen molar-refractivity contribution in [1.29, 1.82) is 0 Å². The van der Waals surface area contributed by atoms with E-state index in [2.05, 4.69) is 53.5 Å². The van der Waals surface area contributed by atoms with Crippen molar-refractivity contribution in [3.8, 4) is 0 Å². The van der Waals surface area contributed by atoms with Crippen LogP contribution in [-0.4, -0.2) is 52.9 Å². The first-order chi connectivity index (χ1) is 12.7. The van der Waals surface area contributed by atoms with Crippen molar-refractivity contribution in [2.75, 3.05) is 26.2 Å². The van der Waals surface area contributed by atoms with Gasteiger partial charge in [-0.1, -0.05) is 36.4 Å². The number of carbonyl (C=O) groups is 1. The van der Waals surface area contributed by atoms with E-state index in [-0.39, 0.29) is 11.9 Å². The van der Waals surface area contributed by atoms with E-state index in [0.29, 0.717) is 13.1 Å². The zero-order valence-electron chi connectivity index (χ0n) is 15.4. The van der Waals surface area contributed by atoms with E-state index < -0.39 is 0 Å². The second-order valence-corrected chi connectivity index (χ2v) is 6.72. The summed E-state index contributed by atoms with van der Waals surface area (Å²) in [5, 5.41) is 1.26. The van der Waals surface area contributed by atoms with Crippen LogP contribution in [0.3, 0.4) is 0 Å². The molecule has 4 nitrogen and oxygen atoms in total. The van der Waals surface area contributed by atoms with Gasteiger partial charge in [-0.15, -0.1) is 13.2 Å². The molecule has 3 rings (SSSR count). The molecule has 1 atom stereocenters. The average molecular weight is 349 g/mol. The molecule has 0 unspecified atom stereocenters. The number of aromatic amines is 1. The number of benzene rings is 1. The largest absolute Gasteiger partial charge is 0.361 e. The Morgan fingerprint density at radius 1 is 1.31 bits per heavy atom. The molecule has 2 aromatic rings. The first-order valence-corrected chi connectivity index (χ1v) is 9.16. The minimum atomic E-state index is -0.143. The lowest BCUT2D eigenvalue weighted by Crippen LogP contribution is -2.48. The van der Waals surface area contributed by atoms with Gasteiger partial charge in [0.1, 0.15) is 0 Å². The normalized spacial score (nSPS) is 16.1. The Morgan fingerprint density at radius 2 is 2.04 bits per heavy atom. The van der Waals surface area contributed by atoms with Crippen LogP contribution in [0.1, 0.15) is 18.9 Å². The number of fused-ring (bicyclic) bond motifs is 1. The number of rotatable bonds is 7. The van der Waals surface area contributed by atoms with E-state index in [0.717, 1.165) is 19.5 Å². The molecule has 0 saturated carbocycles. The van der Waals surface area contributed by atoms with Gasteiger partial charge in [-0.25, -0.2) is 0 Å². The molecule has 0 spiro atoms. The summed E-state index contributed by atoms with van der Waals surface area (Å²) in [4.78, 5) is 20.1. The molecule has 1 amide bonds. The monoisotopic (exact) mass is 349 g/mol. The second kappa shape index (κ2) is 8.19. The standard InChI is InChI=1S/C22H27N3O/c1-4-12-25(13-5-2)22(26)17(3)24-14-10-18(11-15-24)20-16-23-21-9-7-6-8-19(20)21/h4-10,16-17,23H,1-2,11-15H2,3H3/t17-/m1/s1. The van der Waals surface area contributed by atoms with Crippen LogP contribution in [0.15, 0.2) is 61.8 Å². The molecule has 0 aliphatic carbocycles. The van der Waals surface area contributed by atoms with Crippen LogP contribution in [0, 0.1) is 0 Å². The summed E-state index contributed by atoms with van der Waals surface area (Å²) in [7, 11) is 0. The predicted octanol–water partition coefficient (Wildman–Crippen LogP) is 3.85. The topological polar surface area (TPSA) is 39.3 Å². The van der Waals surface area contributed by atoms with Crippen LogP contribution < -0.4 is 0 Å². The highest BCUT2D eigenvalue weighted by atomic mass is 16.2. The van der Waals surface area contributed by atoms with Crippen molar-refractivity contribution in [1.82, 2.24) is 14.8 Å². The molecule has 136 valence electrons. The maximum Gasteiger partial charge on any atom is 0.240 e. The van der Waals surface area contributed by atoms with Crippen LogP contribution in [0.5, 0.6) is 0 Å². The number of aromatic nitrogens is 1. The molecule has 1 N–H and O–H groups in total. The summed E-state index contributed by atoms with van der Waals surface area (Å²) >= 11 is 0. The van der Waals surface area contributed by atoms with E-state index in [1.54, 1.807) is 17.1 Å². The van der Waals surface area contributed by atoms with E-state index in [9.17, 15) is 4.79 Å². The third-order valence-corrected chi connectivity index (χ3v) is 5.09. The quantitative estimate of drug-likeness (QED) is 0.771. The molecule has 1 aliphatic rings. The van der Waals surface area contributed by atoms with Gasteiger partial charge in [-0.2, -0.15) is 0 Å². The van der Waals surface area contributed by atoms with Gasteiger partial charge in [-0.05, 0) is 25.0 Å². The fourth-order valence-corrected chi connectivity index (χ4v) is 3.60. The van der Waals surface area contributed by atoms with Gasteiger partial charge >= 0.3 is 0 Å². The summed E-state index contributed by atoms with van der Waals surface area (Å²) in [6, 6.07) is 8.23. The molecule has 26 heavy (non-hydrogen) atoms. The zero-order valence-corrected chi connectivity index (χ0v) is 15.4. The Kier molecular flexibility index (Phi) is 5.74. The lowest BCUT2D eigenvalue weighted by Gasteiger charge is -2.34. The molecule has 4 heteroatoms.